The van der Waals surface area contributed by atoms with Gasteiger partial charge in [0.15, 0.2) is 12.6 Å². The van der Waals surface area contributed by atoms with Gasteiger partial charge in [-0.1, -0.05) is 0 Å². The molecule has 1 aliphatic heterocycles. The minimum Gasteiger partial charge on any atom is -0.346 e. The van der Waals surface area contributed by atoms with E-state index in [4.69, 9.17) is 9.47 Å². The van der Waals surface area contributed by atoms with E-state index in [1.165, 1.54) is 6.20 Å². The van der Waals surface area contributed by atoms with E-state index in [1.54, 1.807) is 18.3 Å². The standard InChI is InChI=1S/C8H8BrNO2.C6H4BrNO/c9-7-2-1-6(5-10-7)8-11-3-4-12-8;7-6-2-1-5(4-9)3-8-6/h1-2,5,8H,3-4H2;1-4H. The van der Waals surface area contributed by atoms with Crippen LogP contribution in [0.5, 0.6) is 0 Å². The molecule has 7 heteroatoms. The van der Waals surface area contributed by atoms with E-state index in [0.717, 1.165) is 21.1 Å². The van der Waals surface area contributed by atoms with Crippen molar-refractivity contribution >= 4 is 38.1 Å². The van der Waals surface area contributed by atoms with E-state index < -0.39 is 0 Å². The lowest BCUT2D eigenvalue weighted by Gasteiger charge is -2.07. The Kier molecular flexibility index (Phi) is 6.44. The summed E-state index contributed by atoms with van der Waals surface area (Å²) in [5.74, 6) is 0. The van der Waals surface area contributed by atoms with Gasteiger partial charge in [0.2, 0.25) is 0 Å². The van der Waals surface area contributed by atoms with Gasteiger partial charge in [-0.15, -0.1) is 0 Å². The fourth-order valence-electron chi connectivity index (χ4n) is 1.53. The van der Waals surface area contributed by atoms with Crippen LogP contribution < -0.4 is 0 Å². The summed E-state index contributed by atoms with van der Waals surface area (Å²) >= 11 is 6.41. The summed E-state index contributed by atoms with van der Waals surface area (Å²) in [6.45, 7) is 1.33. The third-order valence-electron chi connectivity index (χ3n) is 2.53. The van der Waals surface area contributed by atoms with Crippen LogP contribution in [-0.4, -0.2) is 29.5 Å². The van der Waals surface area contributed by atoms with Gasteiger partial charge in [-0.3, -0.25) is 4.79 Å². The predicted octanol–water partition coefficient (Wildman–Crippen LogP) is 3.55. The van der Waals surface area contributed by atoms with Gasteiger partial charge in [0, 0.05) is 23.5 Å². The van der Waals surface area contributed by atoms with Crippen LogP contribution in [0, 0.1) is 0 Å². The van der Waals surface area contributed by atoms with Crippen LogP contribution >= 0.6 is 31.9 Å². The molecule has 5 nitrogen and oxygen atoms in total. The second-order valence-corrected chi connectivity index (χ2v) is 5.64. The molecule has 0 radical (unpaired) electrons. The lowest BCUT2D eigenvalue weighted by molar-refractivity contribution is -0.0443. The first-order valence-corrected chi connectivity index (χ1v) is 7.69. The van der Waals surface area contributed by atoms with Crippen molar-refractivity contribution in [2.45, 2.75) is 6.29 Å². The number of carbonyl (C=O) groups excluding carboxylic acids is 1. The predicted molar refractivity (Wildman–Crippen MR) is 83.9 cm³/mol. The van der Waals surface area contributed by atoms with E-state index in [-0.39, 0.29) is 6.29 Å². The normalized spacial score (nSPS) is 14.4. The number of hydrogen-bond donors (Lipinski definition) is 0. The molecule has 21 heavy (non-hydrogen) atoms. The molecule has 0 aliphatic carbocycles. The minimum atomic E-state index is -0.217. The third kappa shape index (κ3) is 5.28. The maximum atomic E-state index is 10.1. The molecule has 1 fully saturated rings. The van der Waals surface area contributed by atoms with Gasteiger partial charge in [0.25, 0.3) is 0 Å². The number of aldehydes is 1. The number of ether oxygens (including phenoxy) is 2. The van der Waals surface area contributed by atoms with Crippen LogP contribution in [0.3, 0.4) is 0 Å². The monoisotopic (exact) mass is 414 g/mol. The molecular weight excluding hydrogens is 404 g/mol. The Balaban J connectivity index is 0.000000161. The van der Waals surface area contributed by atoms with Crippen LogP contribution in [-0.2, 0) is 9.47 Å². The molecule has 110 valence electrons. The van der Waals surface area contributed by atoms with Crippen molar-refractivity contribution in [2.75, 3.05) is 13.2 Å². The van der Waals surface area contributed by atoms with Crippen LogP contribution in [0.25, 0.3) is 0 Å². The molecule has 0 unspecified atom stereocenters. The second kappa shape index (κ2) is 8.33. The van der Waals surface area contributed by atoms with Gasteiger partial charge in [0.1, 0.15) is 9.21 Å². The lowest BCUT2D eigenvalue weighted by Crippen LogP contribution is -1.97. The van der Waals surface area contributed by atoms with Crippen LogP contribution in [0.15, 0.2) is 45.9 Å². The molecule has 1 saturated heterocycles. The highest BCUT2D eigenvalue weighted by Crippen LogP contribution is 2.22. The molecule has 2 aromatic heterocycles. The van der Waals surface area contributed by atoms with Crippen molar-refractivity contribution in [2.24, 2.45) is 0 Å². The van der Waals surface area contributed by atoms with Crippen molar-refractivity contribution in [3.05, 3.63) is 57.0 Å². The molecule has 0 N–H and O–H groups in total. The molecule has 2 aromatic rings. The maximum Gasteiger partial charge on any atom is 0.185 e. The zero-order valence-corrected chi connectivity index (χ0v) is 14.1. The Hall–Kier alpha value is -1.15. The summed E-state index contributed by atoms with van der Waals surface area (Å²) in [5.41, 5.74) is 1.56. The molecule has 3 rings (SSSR count). The number of halogens is 2. The Morgan fingerprint density at radius 3 is 2.10 bits per heavy atom. The smallest absolute Gasteiger partial charge is 0.185 e. The SMILES string of the molecule is Brc1ccc(C2OCCO2)cn1.O=Cc1ccc(Br)nc1. The van der Waals surface area contributed by atoms with Crippen LogP contribution in [0.1, 0.15) is 22.2 Å². The lowest BCUT2D eigenvalue weighted by atomic mass is 10.3. The summed E-state index contributed by atoms with van der Waals surface area (Å²) < 4.78 is 12.2. The van der Waals surface area contributed by atoms with Crippen molar-refractivity contribution in [1.29, 1.82) is 0 Å². The van der Waals surface area contributed by atoms with E-state index in [1.807, 2.05) is 12.1 Å². The molecule has 0 spiro atoms. The van der Waals surface area contributed by atoms with E-state index in [9.17, 15) is 4.79 Å². The number of carbonyl (C=O) groups is 1. The highest BCUT2D eigenvalue weighted by atomic mass is 79.9. The fraction of sp³-hybridized carbons (Fsp3) is 0.214. The van der Waals surface area contributed by atoms with Crippen molar-refractivity contribution in [1.82, 2.24) is 9.97 Å². The average Bonchev–Trinajstić information content (AvgIpc) is 3.04. The van der Waals surface area contributed by atoms with Crippen molar-refractivity contribution in [3.63, 3.8) is 0 Å². The van der Waals surface area contributed by atoms with E-state index >= 15 is 0 Å². The summed E-state index contributed by atoms with van der Waals surface area (Å²) in [5, 5.41) is 0. The van der Waals surface area contributed by atoms with Crippen molar-refractivity contribution < 1.29 is 14.3 Å². The first-order valence-electron chi connectivity index (χ1n) is 6.10. The maximum absolute atomic E-state index is 10.1. The number of hydrogen-bond acceptors (Lipinski definition) is 5. The summed E-state index contributed by atoms with van der Waals surface area (Å²) in [6, 6.07) is 7.24. The fourth-order valence-corrected chi connectivity index (χ4v) is 2.00. The average molecular weight is 416 g/mol. The van der Waals surface area contributed by atoms with Gasteiger partial charge in [0.05, 0.1) is 13.2 Å². The van der Waals surface area contributed by atoms with Crippen molar-refractivity contribution in [3.8, 4) is 0 Å². The second-order valence-electron chi connectivity index (χ2n) is 4.02. The molecular formula is C14H12Br2N2O3. The van der Waals surface area contributed by atoms with Gasteiger partial charge < -0.3 is 9.47 Å². The van der Waals surface area contributed by atoms with Crippen LogP contribution in [0.2, 0.25) is 0 Å². The minimum absolute atomic E-state index is 0.217. The topological polar surface area (TPSA) is 61.3 Å². The molecule has 0 aromatic carbocycles. The Bertz CT molecular complexity index is 570. The summed E-state index contributed by atoms with van der Waals surface area (Å²) in [4.78, 5) is 18.0. The highest BCUT2D eigenvalue weighted by Gasteiger charge is 2.17. The summed E-state index contributed by atoms with van der Waals surface area (Å²) in [6.07, 6.45) is 3.81. The van der Waals surface area contributed by atoms with Gasteiger partial charge in [-0.25, -0.2) is 9.97 Å². The Labute approximate surface area is 139 Å². The number of pyridine rings is 2. The van der Waals surface area contributed by atoms with E-state index in [0.29, 0.717) is 18.8 Å². The highest BCUT2D eigenvalue weighted by molar-refractivity contribution is 9.10. The number of rotatable bonds is 2. The molecule has 0 atom stereocenters. The van der Waals surface area contributed by atoms with Gasteiger partial charge in [-0.2, -0.15) is 0 Å². The van der Waals surface area contributed by atoms with Crippen LogP contribution in [0.4, 0.5) is 0 Å². The van der Waals surface area contributed by atoms with Gasteiger partial charge >= 0.3 is 0 Å². The zero-order chi connectivity index (χ0) is 15.1. The molecule has 0 saturated carbocycles. The summed E-state index contributed by atoms with van der Waals surface area (Å²) in [7, 11) is 0. The Morgan fingerprint density at radius 1 is 1.00 bits per heavy atom. The van der Waals surface area contributed by atoms with E-state index in [2.05, 4.69) is 41.8 Å². The van der Waals surface area contributed by atoms with Gasteiger partial charge in [-0.05, 0) is 56.1 Å². The largest absolute Gasteiger partial charge is 0.346 e. The zero-order valence-electron chi connectivity index (χ0n) is 10.9. The quantitative estimate of drug-likeness (QED) is 0.554. The first-order chi connectivity index (χ1) is 10.2. The molecule has 1 aliphatic rings. The number of nitrogens with zero attached hydrogens (tertiary/aromatic N) is 2. The first kappa shape index (κ1) is 16.2. The molecule has 3 heterocycles. The molecule has 0 amide bonds. The third-order valence-corrected chi connectivity index (χ3v) is 3.47. The number of aromatic nitrogens is 2. The Morgan fingerprint density at radius 2 is 1.62 bits per heavy atom. The molecule has 0 bridgehead atoms.